The van der Waals surface area contributed by atoms with E-state index < -0.39 is 12.1 Å². The van der Waals surface area contributed by atoms with Gasteiger partial charge in [-0.15, -0.1) is 6.58 Å². The van der Waals surface area contributed by atoms with E-state index in [1.807, 2.05) is 40.9 Å². The molecule has 28 heavy (non-hydrogen) atoms. The lowest BCUT2D eigenvalue weighted by Crippen LogP contribution is -2.53. The number of carbonyl (C=O) groups excluding carboxylic acids is 1. The third-order valence-electron chi connectivity index (χ3n) is 5.48. The van der Waals surface area contributed by atoms with Gasteiger partial charge in [0.05, 0.1) is 0 Å². The van der Waals surface area contributed by atoms with Crippen LogP contribution in [0.3, 0.4) is 0 Å². The SMILES string of the molecule is C=CCN1CCCC12CCN(C(=O)c1cccn1C)CC2.O=C(O)C(F)(F)F. The maximum absolute atomic E-state index is 12.6. The molecule has 2 aliphatic heterocycles. The van der Waals surface area contributed by atoms with Crippen molar-refractivity contribution in [3.63, 3.8) is 0 Å². The molecule has 0 bridgehead atoms. The van der Waals surface area contributed by atoms with Gasteiger partial charge in [-0.1, -0.05) is 6.08 Å². The zero-order chi connectivity index (χ0) is 20.9. The minimum Gasteiger partial charge on any atom is -0.475 e. The molecule has 3 rings (SSSR count). The number of halogens is 3. The zero-order valence-electron chi connectivity index (χ0n) is 15.9. The van der Waals surface area contributed by atoms with E-state index in [2.05, 4.69) is 11.5 Å². The lowest BCUT2D eigenvalue weighted by atomic mass is 9.85. The van der Waals surface area contributed by atoms with E-state index in [1.54, 1.807) is 0 Å². The van der Waals surface area contributed by atoms with Crippen molar-refractivity contribution in [2.45, 2.75) is 37.4 Å². The number of aliphatic carboxylic acids is 1. The number of hydrogen-bond acceptors (Lipinski definition) is 3. The average molecular weight is 401 g/mol. The molecule has 1 N–H and O–H groups in total. The van der Waals surface area contributed by atoms with Crippen LogP contribution in [0.4, 0.5) is 13.2 Å². The van der Waals surface area contributed by atoms with E-state index in [0.29, 0.717) is 5.54 Å². The highest BCUT2D eigenvalue weighted by Crippen LogP contribution is 2.38. The van der Waals surface area contributed by atoms with Crippen LogP contribution in [0.1, 0.15) is 36.2 Å². The van der Waals surface area contributed by atoms with Crippen LogP contribution < -0.4 is 0 Å². The summed E-state index contributed by atoms with van der Waals surface area (Å²) in [6.45, 7) is 7.78. The van der Waals surface area contributed by atoms with Crippen LogP contribution in [0, 0.1) is 0 Å². The summed E-state index contributed by atoms with van der Waals surface area (Å²) in [4.78, 5) is 26.1. The molecule has 1 amide bonds. The van der Waals surface area contributed by atoms with Gasteiger partial charge in [0.2, 0.25) is 0 Å². The Morgan fingerprint density at radius 1 is 1.25 bits per heavy atom. The molecule has 0 aliphatic carbocycles. The van der Waals surface area contributed by atoms with Crippen LogP contribution >= 0.6 is 0 Å². The standard InChI is InChI=1S/C17H25N3O.C2HF3O2/c1-3-10-20-12-5-7-17(20)8-13-19(14-9-17)16(21)15-6-4-11-18(15)2;3-2(4,5)1(6)7/h3-4,6,11H,1,5,7-10,12-14H2,2H3;(H,6,7). The Morgan fingerprint density at radius 3 is 2.32 bits per heavy atom. The van der Waals surface area contributed by atoms with Crippen molar-refractivity contribution in [1.82, 2.24) is 14.4 Å². The van der Waals surface area contributed by atoms with Crippen molar-refractivity contribution >= 4 is 11.9 Å². The van der Waals surface area contributed by atoms with Gasteiger partial charge in [-0.25, -0.2) is 4.79 Å². The molecule has 0 atom stereocenters. The monoisotopic (exact) mass is 401 g/mol. The summed E-state index contributed by atoms with van der Waals surface area (Å²) in [6, 6.07) is 3.84. The topological polar surface area (TPSA) is 65.8 Å². The largest absolute Gasteiger partial charge is 0.490 e. The molecule has 0 radical (unpaired) electrons. The Bertz CT molecular complexity index is 707. The van der Waals surface area contributed by atoms with Crippen LogP contribution in [0.25, 0.3) is 0 Å². The molecule has 1 aromatic heterocycles. The van der Waals surface area contributed by atoms with Gasteiger partial charge in [0, 0.05) is 38.4 Å². The second-order valence-corrected chi connectivity index (χ2v) is 7.16. The molecule has 0 aromatic carbocycles. The minimum atomic E-state index is -5.08. The predicted molar refractivity (Wildman–Crippen MR) is 98.0 cm³/mol. The Balaban J connectivity index is 0.000000345. The average Bonchev–Trinajstić information content (AvgIpc) is 3.22. The first-order valence-corrected chi connectivity index (χ1v) is 9.17. The fourth-order valence-corrected chi connectivity index (χ4v) is 3.97. The Labute approximate surface area is 162 Å². The van der Waals surface area contributed by atoms with Gasteiger partial charge in [-0.2, -0.15) is 13.2 Å². The number of rotatable bonds is 3. The van der Waals surface area contributed by atoms with Gasteiger partial charge >= 0.3 is 12.1 Å². The highest BCUT2D eigenvalue weighted by Gasteiger charge is 2.43. The second kappa shape index (κ2) is 8.81. The summed E-state index contributed by atoms with van der Waals surface area (Å²) in [6.07, 6.45) is 3.59. The summed E-state index contributed by atoms with van der Waals surface area (Å²) in [5.74, 6) is -2.59. The highest BCUT2D eigenvalue weighted by atomic mass is 19.4. The molecule has 3 heterocycles. The van der Waals surface area contributed by atoms with E-state index in [9.17, 15) is 18.0 Å². The lowest BCUT2D eigenvalue weighted by Gasteiger charge is -2.44. The van der Waals surface area contributed by atoms with E-state index in [0.717, 1.165) is 38.2 Å². The molecule has 0 saturated carbocycles. The Kier molecular flexibility index (Phi) is 6.92. The fourth-order valence-electron chi connectivity index (χ4n) is 3.97. The van der Waals surface area contributed by atoms with Gasteiger partial charge < -0.3 is 14.6 Å². The van der Waals surface area contributed by atoms with Gasteiger partial charge in [0.25, 0.3) is 5.91 Å². The number of aryl methyl sites for hydroxylation is 1. The van der Waals surface area contributed by atoms with Crippen LogP contribution in [0.15, 0.2) is 31.0 Å². The van der Waals surface area contributed by atoms with Gasteiger partial charge in [-0.05, 0) is 44.4 Å². The van der Waals surface area contributed by atoms with Crippen molar-refractivity contribution in [3.8, 4) is 0 Å². The highest BCUT2D eigenvalue weighted by molar-refractivity contribution is 5.92. The number of alkyl halides is 3. The lowest BCUT2D eigenvalue weighted by molar-refractivity contribution is -0.192. The first kappa shape index (κ1) is 22.0. The summed E-state index contributed by atoms with van der Waals surface area (Å²) in [7, 11) is 1.93. The third kappa shape index (κ3) is 4.95. The number of likely N-dealkylation sites (tertiary alicyclic amines) is 2. The number of aromatic nitrogens is 1. The summed E-state index contributed by atoms with van der Waals surface area (Å²) >= 11 is 0. The van der Waals surface area contributed by atoms with E-state index in [4.69, 9.17) is 9.90 Å². The molecule has 2 aliphatic rings. The molecule has 1 aromatic rings. The van der Waals surface area contributed by atoms with Gasteiger partial charge in [-0.3, -0.25) is 9.69 Å². The van der Waals surface area contributed by atoms with Gasteiger partial charge in [0.15, 0.2) is 0 Å². The minimum absolute atomic E-state index is 0.172. The van der Waals surface area contributed by atoms with Crippen LogP contribution in [-0.2, 0) is 11.8 Å². The number of carboxylic acid groups (broad SMARTS) is 1. The second-order valence-electron chi connectivity index (χ2n) is 7.16. The number of hydrogen-bond donors (Lipinski definition) is 1. The maximum Gasteiger partial charge on any atom is 0.490 e. The third-order valence-corrected chi connectivity index (χ3v) is 5.48. The summed E-state index contributed by atoms with van der Waals surface area (Å²) < 4.78 is 33.6. The van der Waals surface area contributed by atoms with E-state index >= 15 is 0 Å². The smallest absolute Gasteiger partial charge is 0.475 e. The normalized spacial score (nSPS) is 19.2. The number of carbonyl (C=O) groups is 2. The number of nitrogens with zero attached hydrogens (tertiary/aromatic N) is 3. The molecule has 2 fully saturated rings. The summed E-state index contributed by atoms with van der Waals surface area (Å²) in [5, 5.41) is 7.12. The van der Waals surface area contributed by atoms with Crippen molar-refractivity contribution in [2.24, 2.45) is 7.05 Å². The number of amides is 1. The van der Waals surface area contributed by atoms with Crippen molar-refractivity contribution < 1.29 is 27.9 Å². The van der Waals surface area contributed by atoms with Crippen molar-refractivity contribution in [1.29, 1.82) is 0 Å². The first-order valence-electron chi connectivity index (χ1n) is 9.17. The predicted octanol–water partition coefficient (Wildman–Crippen LogP) is 2.92. The van der Waals surface area contributed by atoms with Crippen LogP contribution in [-0.4, -0.2) is 69.2 Å². The van der Waals surface area contributed by atoms with Crippen molar-refractivity contribution in [2.75, 3.05) is 26.2 Å². The molecule has 9 heteroatoms. The Hall–Kier alpha value is -2.29. The number of piperidine rings is 1. The molecular weight excluding hydrogens is 375 g/mol. The molecular formula is C19H26F3N3O3. The Morgan fingerprint density at radius 2 is 1.86 bits per heavy atom. The maximum atomic E-state index is 12.6. The molecule has 6 nitrogen and oxygen atoms in total. The van der Waals surface area contributed by atoms with Crippen LogP contribution in [0.5, 0.6) is 0 Å². The zero-order valence-corrected chi connectivity index (χ0v) is 15.9. The fraction of sp³-hybridized carbons (Fsp3) is 0.579. The molecule has 0 unspecified atom stereocenters. The molecule has 156 valence electrons. The number of carboxylic acids is 1. The quantitative estimate of drug-likeness (QED) is 0.791. The van der Waals surface area contributed by atoms with Crippen molar-refractivity contribution in [3.05, 3.63) is 36.7 Å². The van der Waals surface area contributed by atoms with Crippen LogP contribution in [0.2, 0.25) is 0 Å². The van der Waals surface area contributed by atoms with Gasteiger partial charge in [0.1, 0.15) is 5.69 Å². The molecule has 1 spiro atoms. The first-order chi connectivity index (χ1) is 13.1. The van der Waals surface area contributed by atoms with E-state index in [1.165, 1.54) is 19.4 Å². The van der Waals surface area contributed by atoms with E-state index in [-0.39, 0.29) is 5.91 Å². The molecule has 2 saturated heterocycles. The summed E-state index contributed by atoms with van der Waals surface area (Å²) in [5.41, 5.74) is 1.11.